The Hall–Kier alpha value is -1.63. The molecule has 3 aliphatic carbocycles. The van der Waals surface area contributed by atoms with Gasteiger partial charge >= 0.3 is 0 Å². The van der Waals surface area contributed by atoms with Crippen molar-refractivity contribution in [1.29, 1.82) is 0 Å². The topological polar surface area (TPSA) is 72.5 Å². The number of allylic oxidation sites excluding steroid dienone is 2. The summed E-state index contributed by atoms with van der Waals surface area (Å²) in [4.78, 5) is 4.81. The van der Waals surface area contributed by atoms with Gasteiger partial charge in [0, 0.05) is 31.4 Å². The Bertz CT molecular complexity index is 744. The highest BCUT2D eigenvalue weighted by atomic mass is 15.2. The first-order valence-corrected chi connectivity index (χ1v) is 14.5. The Morgan fingerprint density at radius 3 is 2.66 bits per heavy atom. The van der Waals surface area contributed by atoms with Crippen molar-refractivity contribution in [1.82, 2.24) is 26.6 Å². The maximum atomic E-state index is 4.81. The fourth-order valence-corrected chi connectivity index (χ4v) is 5.55. The molecule has 196 valence electrons. The smallest absolute Gasteiger partial charge is 0.122 e. The normalized spacial score (nSPS) is 25.7. The molecule has 6 nitrogen and oxygen atoms in total. The maximum Gasteiger partial charge on any atom is 0.122 e. The van der Waals surface area contributed by atoms with E-state index in [4.69, 9.17) is 4.99 Å². The van der Waals surface area contributed by atoms with Crippen LogP contribution in [0.3, 0.4) is 0 Å². The van der Waals surface area contributed by atoms with Crippen molar-refractivity contribution < 1.29 is 0 Å². The van der Waals surface area contributed by atoms with Gasteiger partial charge in [0.15, 0.2) is 0 Å². The lowest BCUT2D eigenvalue weighted by Crippen LogP contribution is -2.45. The van der Waals surface area contributed by atoms with Gasteiger partial charge in [-0.2, -0.15) is 0 Å². The highest BCUT2D eigenvalue weighted by Crippen LogP contribution is 2.28. The first kappa shape index (κ1) is 26.4. The number of rotatable bonds is 13. The van der Waals surface area contributed by atoms with E-state index in [0.717, 1.165) is 63.5 Å². The molecule has 0 radical (unpaired) electrons. The minimum Gasteiger partial charge on any atom is -0.372 e. The Morgan fingerprint density at radius 1 is 1.00 bits per heavy atom. The lowest BCUT2D eigenvalue weighted by atomic mass is 9.83. The van der Waals surface area contributed by atoms with Crippen LogP contribution in [0.2, 0.25) is 0 Å². The Balaban J connectivity index is 1.05. The number of aliphatic imine (C=N–C) groups is 1. The molecule has 0 amide bonds. The third-order valence-corrected chi connectivity index (χ3v) is 8.07. The lowest BCUT2D eigenvalue weighted by Gasteiger charge is -2.25. The fraction of sp³-hybridized carbons (Fsp3) is 0.759. The molecule has 4 aliphatic rings. The van der Waals surface area contributed by atoms with E-state index in [2.05, 4.69) is 57.8 Å². The van der Waals surface area contributed by atoms with Crippen molar-refractivity contribution >= 4 is 5.84 Å². The predicted molar refractivity (Wildman–Crippen MR) is 149 cm³/mol. The van der Waals surface area contributed by atoms with Crippen LogP contribution in [-0.4, -0.2) is 57.3 Å². The van der Waals surface area contributed by atoms with E-state index < -0.39 is 0 Å². The molecule has 0 spiro atoms. The Morgan fingerprint density at radius 2 is 1.89 bits per heavy atom. The second-order valence-corrected chi connectivity index (χ2v) is 11.1. The van der Waals surface area contributed by atoms with Crippen molar-refractivity contribution in [2.75, 3.05) is 39.3 Å². The van der Waals surface area contributed by atoms with Crippen molar-refractivity contribution in [3.8, 4) is 0 Å². The summed E-state index contributed by atoms with van der Waals surface area (Å²) in [6.07, 6.45) is 24.3. The quantitative estimate of drug-likeness (QED) is 0.257. The minimum atomic E-state index is 0.194. The molecule has 35 heavy (non-hydrogen) atoms. The van der Waals surface area contributed by atoms with Gasteiger partial charge < -0.3 is 21.3 Å². The zero-order valence-electron chi connectivity index (χ0n) is 22.1. The van der Waals surface area contributed by atoms with Gasteiger partial charge in [-0.25, -0.2) is 0 Å². The van der Waals surface area contributed by atoms with E-state index in [9.17, 15) is 0 Å². The molecule has 1 heterocycles. The van der Waals surface area contributed by atoms with Gasteiger partial charge in [0.2, 0.25) is 0 Å². The van der Waals surface area contributed by atoms with Crippen LogP contribution in [0, 0.1) is 11.8 Å². The Kier molecular flexibility index (Phi) is 11.2. The average Bonchev–Trinajstić information content (AvgIpc) is 3.03. The second-order valence-electron chi connectivity index (χ2n) is 11.1. The van der Waals surface area contributed by atoms with Crippen molar-refractivity contribution in [3.05, 3.63) is 35.6 Å². The third kappa shape index (κ3) is 9.74. The molecule has 6 heteroatoms. The average molecular weight is 483 g/mol. The maximum absolute atomic E-state index is 4.81. The molecular formula is C29H50N6. The van der Waals surface area contributed by atoms with Crippen LogP contribution in [0.5, 0.6) is 0 Å². The molecule has 2 atom stereocenters. The summed E-state index contributed by atoms with van der Waals surface area (Å²) in [5.74, 6) is 2.52. The molecule has 0 aromatic heterocycles. The van der Waals surface area contributed by atoms with Crippen LogP contribution >= 0.6 is 0 Å². The summed E-state index contributed by atoms with van der Waals surface area (Å²) in [6, 6.07) is 0.776. The molecule has 0 aromatic rings. The summed E-state index contributed by atoms with van der Waals surface area (Å²) >= 11 is 0. The van der Waals surface area contributed by atoms with Crippen molar-refractivity contribution in [3.63, 3.8) is 0 Å². The molecular weight excluding hydrogens is 432 g/mol. The molecule has 5 N–H and O–H groups in total. The third-order valence-electron chi connectivity index (χ3n) is 8.07. The summed E-state index contributed by atoms with van der Waals surface area (Å²) in [5, 5.41) is 18.2. The van der Waals surface area contributed by atoms with Crippen LogP contribution in [0.25, 0.3) is 0 Å². The van der Waals surface area contributed by atoms with E-state index >= 15 is 0 Å². The molecule has 0 saturated heterocycles. The van der Waals surface area contributed by atoms with Crippen LogP contribution in [-0.2, 0) is 0 Å². The number of hydrogen-bond donors (Lipinski definition) is 5. The Labute approximate surface area is 214 Å². The van der Waals surface area contributed by atoms with Crippen LogP contribution < -0.4 is 26.6 Å². The van der Waals surface area contributed by atoms with Gasteiger partial charge in [-0.3, -0.25) is 10.3 Å². The van der Waals surface area contributed by atoms with Crippen molar-refractivity contribution in [2.24, 2.45) is 16.8 Å². The summed E-state index contributed by atoms with van der Waals surface area (Å²) in [7, 11) is 0. The molecule has 0 bridgehead atoms. The van der Waals surface area contributed by atoms with E-state index in [1.165, 1.54) is 75.5 Å². The number of amidine groups is 1. The number of nitrogens with one attached hydrogen (secondary N) is 5. The van der Waals surface area contributed by atoms with E-state index in [1.807, 2.05) is 0 Å². The molecule has 4 rings (SSSR count). The first-order chi connectivity index (χ1) is 17.2. The molecule has 0 aromatic carbocycles. The van der Waals surface area contributed by atoms with Crippen LogP contribution in [0.1, 0.15) is 77.6 Å². The van der Waals surface area contributed by atoms with Crippen LogP contribution in [0.15, 0.2) is 40.6 Å². The van der Waals surface area contributed by atoms with Gasteiger partial charge in [0.25, 0.3) is 0 Å². The highest BCUT2D eigenvalue weighted by molar-refractivity contribution is 5.93. The summed E-state index contributed by atoms with van der Waals surface area (Å²) in [6.45, 7) is 8.14. The largest absolute Gasteiger partial charge is 0.372 e. The number of hydrogen-bond acceptors (Lipinski definition) is 6. The molecule has 2 fully saturated rings. The van der Waals surface area contributed by atoms with E-state index in [1.54, 1.807) is 0 Å². The van der Waals surface area contributed by atoms with Gasteiger partial charge in [-0.05, 0) is 75.6 Å². The van der Waals surface area contributed by atoms with E-state index in [0.29, 0.717) is 5.92 Å². The second kappa shape index (κ2) is 14.8. The zero-order valence-corrected chi connectivity index (χ0v) is 22.1. The molecule has 2 saturated carbocycles. The molecule has 1 aliphatic heterocycles. The molecule has 2 unspecified atom stereocenters. The summed E-state index contributed by atoms with van der Waals surface area (Å²) in [5.41, 5.74) is 2.60. The minimum absolute atomic E-state index is 0.194. The monoisotopic (exact) mass is 482 g/mol. The van der Waals surface area contributed by atoms with Gasteiger partial charge in [-0.1, -0.05) is 56.8 Å². The SMILES string of the molecule is CC1=CC(NCCC2CCC2)=NCC(NCC2C=CC(CNCCCNC3CCCCC3)=CC2)N1. The van der Waals surface area contributed by atoms with Gasteiger partial charge in [-0.15, -0.1) is 0 Å². The predicted octanol–water partition coefficient (Wildman–Crippen LogP) is 3.99. The lowest BCUT2D eigenvalue weighted by molar-refractivity contribution is 0.297. The van der Waals surface area contributed by atoms with Gasteiger partial charge in [0.1, 0.15) is 5.84 Å². The van der Waals surface area contributed by atoms with Crippen molar-refractivity contribution in [2.45, 2.75) is 89.8 Å². The van der Waals surface area contributed by atoms with E-state index in [-0.39, 0.29) is 6.17 Å². The first-order valence-electron chi connectivity index (χ1n) is 14.5. The standard InChI is InChI=1S/C29H50N6/c1-23-19-28(32-18-15-24-7-5-8-24)34-22-29(35-23)33-21-26-13-11-25(12-14-26)20-30-16-6-17-31-27-9-3-2-4-10-27/h11-13,19,24,26-27,29-31,33,35H,2-10,14-18,20-22H2,1H3,(H,32,34). The number of nitrogens with zero attached hydrogens (tertiary/aromatic N) is 1. The summed E-state index contributed by atoms with van der Waals surface area (Å²) < 4.78 is 0. The zero-order chi connectivity index (χ0) is 24.1. The fourth-order valence-electron chi connectivity index (χ4n) is 5.55. The highest BCUT2D eigenvalue weighted by Gasteiger charge is 2.18. The van der Waals surface area contributed by atoms with Crippen LogP contribution in [0.4, 0.5) is 0 Å². The van der Waals surface area contributed by atoms with Gasteiger partial charge in [0.05, 0.1) is 12.7 Å².